The Morgan fingerprint density at radius 1 is 1.15 bits per heavy atom. The number of rotatable bonds is 7. The molecule has 2 aliphatic rings. The molecule has 1 aliphatic carbocycles. The number of nitrogens with one attached hydrogen (secondary N) is 1. The molecule has 0 saturated heterocycles. The number of para-hydroxylation sites is 1. The molecule has 4 nitrogen and oxygen atoms in total. The molecule has 4 rings (SSSR count). The Balaban J connectivity index is 1.60. The zero-order valence-electron chi connectivity index (χ0n) is 15.4. The van der Waals surface area contributed by atoms with Crippen molar-refractivity contribution in [3.05, 3.63) is 69.2 Å². The van der Waals surface area contributed by atoms with Gasteiger partial charge in [-0.25, -0.2) is 0 Å². The van der Waals surface area contributed by atoms with E-state index in [1.807, 2.05) is 42.5 Å². The number of halogens is 2. The molecule has 27 heavy (non-hydrogen) atoms. The lowest BCUT2D eigenvalue weighted by molar-refractivity contribution is 0.0708. The highest BCUT2D eigenvalue weighted by molar-refractivity contribution is 6.42. The molecule has 1 heterocycles. The standard InChI is InChI=1S/C21H22Cl2N2O2/c1-25(2)10-5-11-26-24-20-15-6-3-4-7-19(15)27-21(13-16(20)21)14-8-9-17(22)18(23)12-14/h3-4,6-9,12,24H,5,10-11,13H2,1-2H3. The molecule has 0 spiro atoms. The summed E-state index contributed by atoms with van der Waals surface area (Å²) in [6.45, 7) is 1.62. The van der Waals surface area contributed by atoms with Crippen molar-refractivity contribution in [2.75, 3.05) is 27.2 Å². The molecule has 1 aliphatic heterocycles. The minimum atomic E-state index is -0.488. The van der Waals surface area contributed by atoms with Gasteiger partial charge in [-0.15, -0.1) is 0 Å². The van der Waals surface area contributed by atoms with Gasteiger partial charge in [0.15, 0.2) is 5.60 Å². The van der Waals surface area contributed by atoms with Crippen LogP contribution < -0.4 is 10.2 Å². The third-order valence-corrected chi connectivity index (χ3v) is 5.68. The van der Waals surface area contributed by atoms with Crippen LogP contribution in [0.5, 0.6) is 5.75 Å². The van der Waals surface area contributed by atoms with Crippen LogP contribution in [0.4, 0.5) is 0 Å². The maximum Gasteiger partial charge on any atom is 0.162 e. The van der Waals surface area contributed by atoms with Gasteiger partial charge in [-0.2, -0.15) is 0 Å². The molecule has 1 saturated carbocycles. The molecule has 1 unspecified atom stereocenters. The SMILES string of the molecule is CN(C)CCCONC1=C2CC2(c2ccc(Cl)c(Cl)c2)Oc2ccccc21. The fourth-order valence-corrected chi connectivity index (χ4v) is 3.78. The van der Waals surface area contributed by atoms with Crippen molar-refractivity contribution in [1.29, 1.82) is 0 Å². The van der Waals surface area contributed by atoms with Crippen LogP contribution in [0.25, 0.3) is 5.70 Å². The van der Waals surface area contributed by atoms with E-state index in [-0.39, 0.29) is 0 Å². The summed E-state index contributed by atoms with van der Waals surface area (Å²) in [5.74, 6) is 0.837. The van der Waals surface area contributed by atoms with Crippen molar-refractivity contribution in [1.82, 2.24) is 10.4 Å². The van der Waals surface area contributed by atoms with Crippen LogP contribution in [0, 0.1) is 0 Å². The van der Waals surface area contributed by atoms with Crippen molar-refractivity contribution >= 4 is 28.9 Å². The van der Waals surface area contributed by atoms with Crippen LogP contribution in [0.15, 0.2) is 48.0 Å². The summed E-state index contributed by atoms with van der Waals surface area (Å²) in [6.07, 6.45) is 1.75. The first kappa shape index (κ1) is 18.6. The Hall–Kier alpha value is -1.72. The van der Waals surface area contributed by atoms with Crippen molar-refractivity contribution in [2.24, 2.45) is 0 Å². The zero-order chi connectivity index (χ0) is 19.0. The molecule has 2 aromatic carbocycles. The van der Waals surface area contributed by atoms with Crippen LogP contribution in [0.2, 0.25) is 10.0 Å². The molecule has 1 atom stereocenters. The van der Waals surface area contributed by atoms with E-state index in [2.05, 4.69) is 24.5 Å². The first-order valence-electron chi connectivity index (χ1n) is 9.01. The summed E-state index contributed by atoms with van der Waals surface area (Å²) in [6, 6.07) is 13.7. The first-order valence-corrected chi connectivity index (χ1v) is 9.77. The summed E-state index contributed by atoms with van der Waals surface area (Å²) >= 11 is 12.3. The molecule has 2 aromatic rings. The first-order chi connectivity index (χ1) is 13.0. The summed E-state index contributed by atoms with van der Waals surface area (Å²) < 4.78 is 6.40. The smallest absolute Gasteiger partial charge is 0.162 e. The molecule has 142 valence electrons. The third kappa shape index (κ3) is 3.55. The van der Waals surface area contributed by atoms with Gasteiger partial charge in [0.2, 0.25) is 0 Å². The minimum absolute atomic E-state index is 0.488. The lowest BCUT2D eigenvalue weighted by Gasteiger charge is -2.26. The second kappa shape index (κ2) is 7.36. The molecular formula is C21H22Cl2N2O2. The second-order valence-electron chi connectivity index (χ2n) is 7.19. The Morgan fingerprint density at radius 3 is 2.74 bits per heavy atom. The van der Waals surface area contributed by atoms with Crippen molar-refractivity contribution in [3.8, 4) is 5.75 Å². The van der Waals surface area contributed by atoms with Gasteiger partial charge in [0.1, 0.15) is 5.75 Å². The number of ether oxygens (including phenoxy) is 1. The molecule has 0 bridgehead atoms. The highest BCUT2D eigenvalue weighted by Gasteiger charge is 2.58. The number of fused-ring (bicyclic) bond motifs is 2. The fourth-order valence-electron chi connectivity index (χ4n) is 3.48. The Kier molecular flexibility index (Phi) is 5.08. The largest absolute Gasteiger partial charge is 0.477 e. The van der Waals surface area contributed by atoms with Crippen LogP contribution in [-0.2, 0) is 10.4 Å². The maximum atomic E-state index is 6.40. The number of hydroxylamine groups is 1. The van der Waals surface area contributed by atoms with Gasteiger partial charge in [-0.3, -0.25) is 10.3 Å². The van der Waals surface area contributed by atoms with E-state index in [4.69, 9.17) is 32.8 Å². The highest BCUT2D eigenvalue weighted by atomic mass is 35.5. The van der Waals surface area contributed by atoms with Gasteiger partial charge in [0.05, 0.1) is 22.3 Å². The highest BCUT2D eigenvalue weighted by Crippen LogP contribution is 2.61. The monoisotopic (exact) mass is 404 g/mol. The van der Waals surface area contributed by atoms with E-state index < -0.39 is 5.60 Å². The van der Waals surface area contributed by atoms with E-state index in [9.17, 15) is 0 Å². The normalized spacial score (nSPS) is 20.2. The van der Waals surface area contributed by atoms with Gasteiger partial charge in [-0.1, -0.05) is 41.4 Å². The Bertz CT molecular complexity index is 898. The predicted octanol–water partition coefficient (Wildman–Crippen LogP) is 4.87. The number of hydrogen-bond acceptors (Lipinski definition) is 4. The van der Waals surface area contributed by atoms with E-state index in [0.29, 0.717) is 16.7 Å². The Morgan fingerprint density at radius 2 is 1.96 bits per heavy atom. The zero-order valence-corrected chi connectivity index (χ0v) is 16.9. The van der Waals surface area contributed by atoms with Gasteiger partial charge in [0.25, 0.3) is 0 Å². The summed E-state index contributed by atoms with van der Waals surface area (Å²) in [7, 11) is 4.12. The van der Waals surface area contributed by atoms with Gasteiger partial charge in [0, 0.05) is 23.1 Å². The Labute approximate surface area is 169 Å². The van der Waals surface area contributed by atoms with Crippen molar-refractivity contribution < 1.29 is 9.57 Å². The van der Waals surface area contributed by atoms with Crippen molar-refractivity contribution in [2.45, 2.75) is 18.4 Å². The topological polar surface area (TPSA) is 33.7 Å². The maximum absolute atomic E-state index is 6.40. The predicted molar refractivity (Wildman–Crippen MR) is 109 cm³/mol. The van der Waals surface area contributed by atoms with E-state index in [1.165, 1.54) is 5.57 Å². The molecule has 1 fully saturated rings. The lowest BCUT2D eigenvalue weighted by Crippen LogP contribution is -2.25. The van der Waals surface area contributed by atoms with Gasteiger partial charge < -0.3 is 9.64 Å². The average Bonchev–Trinajstić information content (AvgIpc) is 3.38. The average molecular weight is 405 g/mol. The molecule has 1 N–H and O–H groups in total. The van der Waals surface area contributed by atoms with Gasteiger partial charge >= 0.3 is 0 Å². The van der Waals surface area contributed by atoms with Crippen LogP contribution >= 0.6 is 23.2 Å². The molecular weight excluding hydrogens is 383 g/mol. The summed E-state index contributed by atoms with van der Waals surface area (Å²) in [4.78, 5) is 7.91. The molecule has 6 heteroatoms. The van der Waals surface area contributed by atoms with E-state index in [0.717, 1.165) is 42.0 Å². The quantitative estimate of drug-likeness (QED) is 0.527. The van der Waals surface area contributed by atoms with E-state index >= 15 is 0 Å². The fraction of sp³-hybridized carbons (Fsp3) is 0.333. The molecule has 0 amide bonds. The molecule has 0 aromatic heterocycles. The second-order valence-corrected chi connectivity index (χ2v) is 8.01. The summed E-state index contributed by atoms with van der Waals surface area (Å²) in [5, 5.41) is 1.08. The van der Waals surface area contributed by atoms with Gasteiger partial charge in [-0.05, 0) is 51.3 Å². The van der Waals surface area contributed by atoms with E-state index in [1.54, 1.807) is 0 Å². The van der Waals surface area contributed by atoms with Crippen LogP contribution in [0.1, 0.15) is 24.0 Å². The number of hydrogen-bond donors (Lipinski definition) is 1. The molecule has 0 radical (unpaired) electrons. The summed E-state index contributed by atoms with van der Waals surface area (Å²) in [5.41, 5.74) is 6.89. The number of benzene rings is 2. The third-order valence-electron chi connectivity index (χ3n) is 4.94. The van der Waals surface area contributed by atoms with Crippen LogP contribution in [0.3, 0.4) is 0 Å². The lowest BCUT2D eigenvalue weighted by atomic mass is 10.0. The van der Waals surface area contributed by atoms with Crippen molar-refractivity contribution in [3.63, 3.8) is 0 Å². The number of nitrogens with zero attached hydrogens (tertiary/aromatic N) is 1. The minimum Gasteiger partial charge on any atom is -0.477 e. The van der Waals surface area contributed by atoms with Crippen LogP contribution in [-0.4, -0.2) is 32.1 Å².